The van der Waals surface area contributed by atoms with E-state index >= 15 is 0 Å². The Kier molecular flexibility index (Phi) is 2.28. The number of fused-ring (bicyclic) bond motifs is 1. The molecule has 0 spiro atoms. The number of carbonyl (C=O) groups is 1. The molecular weight excluding hydrogens is 218 g/mol. The number of pyridine rings is 1. The summed E-state index contributed by atoms with van der Waals surface area (Å²) in [5, 5.41) is 2.86. The zero-order valence-electron chi connectivity index (χ0n) is 9.47. The minimum atomic E-state index is 0.0555. The first-order valence-electron chi connectivity index (χ1n) is 5.75. The lowest BCUT2D eigenvalue weighted by Gasteiger charge is -2.37. The first-order chi connectivity index (χ1) is 8.24. The standard InChI is InChI=1S/C11H15N5O/c12-8-1-2-10(13-5-8)15-3-4-16-9(7-15)6-14-11(16)17/h1-2,5,9H,3-4,6-7,12H2,(H,14,17). The van der Waals surface area contributed by atoms with Gasteiger partial charge in [-0.25, -0.2) is 9.78 Å². The SMILES string of the molecule is Nc1ccc(N2CCN3C(=O)NCC3C2)nc1. The van der Waals surface area contributed by atoms with E-state index in [1.165, 1.54) is 0 Å². The highest BCUT2D eigenvalue weighted by atomic mass is 16.2. The number of amides is 2. The molecular formula is C11H15N5O. The highest BCUT2D eigenvalue weighted by molar-refractivity contribution is 5.77. The van der Waals surface area contributed by atoms with Crippen LogP contribution in [0.2, 0.25) is 0 Å². The minimum Gasteiger partial charge on any atom is -0.397 e. The smallest absolute Gasteiger partial charge is 0.317 e. The molecule has 1 aromatic rings. The molecule has 1 aromatic heterocycles. The van der Waals surface area contributed by atoms with E-state index in [9.17, 15) is 4.79 Å². The molecule has 1 unspecified atom stereocenters. The Morgan fingerprint density at radius 2 is 2.29 bits per heavy atom. The predicted octanol–water partition coefficient (Wildman–Crippen LogP) is -0.122. The molecule has 1 atom stereocenters. The summed E-state index contributed by atoms with van der Waals surface area (Å²) in [5.41, 5.74) is 6.29. The van der Waals surface area contributed by atoms with E-state index in [-0.39, 0.29) is 12.1 Å². The topological polar surface area (TPSA) is 74.5 Å². The molecule has 0 radical (unpaired) electrons. The summed E-state index contributed by atoms with van der Waals surface area (Å²) in [6.45, 7) is 3.13. The number of nitrogens with zero attached hydrogens (tertiary/aromatic N) is 3. The zero-order chi connectivity index (χ0) is 11.8. The van der Waals surface area contributed by atoms with Crippen molar-refractivity contribution in [1.29, 1.82) is 0 Å². The fraction of sp³-hybridized carbons (Fsp3) is 0.455. The van der Waals surface area contributed by atoms with Crippen molar-refractivity contribution in [2.75, 3.05) is 36.8 Å². The number of nitrogens with two attached hydrogens (primary N) is 1. The van der Waals surface area contributed by atoms with Crippen molar-refractivity contribution in [2.45, 2.75) is 6.04 Å². The predicted molar refractivity (Wildman–Crippen MR) is 64.8 cm³/mol. The third-order valence-corrected chi connectivity index (χ3v) is 3.33. The van der Waals surface area contributed by atoms with E-state index in [2.05, 4.69) is 15.2 Å². The van der Waals surface area contributed by atoms with Crippen molar-refractivity contribution in [1.82, 2.24) is 15.2 Å². The van der Waals surface area contributed by atoms with Gasteiger partial charge in [0.25, 0.3) is 0 Å². The van der Waals surface area contributed by atoms with Crippen molar-refractivity contribution in [3.05, 3.63) is 18.3 Å². The molecule has 2 saturated heterocycles. The normalized spacial score (nSPS) is 23.5. The van der Waals surface area contributed by atoms with Crippen LogP contribution in [0.3, 0.4) is 0 Å². The van der Waals surface area contributed by atoms with E-state index < -0.39 is 0 Å². The minimum absolute atomic E-state index is 0.0555. The monoisotopic (exact) mass is 233 g/mol. The molecule has 90 valence electrons. The van der Waals surface area contributed by atoms with Gasteiger partial charge in [0.15, 0.2) is 0 Å². The second-order valence-electron chi connectivity index (χ2n) is 4.43. The number of urea groups is 1. The average Bonchev–Trinajstić information content (AvgIpc) is 2.72. The maximum Gasteiger partial charge on any atom is 0.317 e. The van der Waals surface area contributed by atoms with E-state index in [0.717, 1.165) is 32.0 Å². The van der Waals surface area contributed by atoms with Crippen LogP contribution in [-0.2, 0) is 0 Å². The third kappa shape index (κ3) is 1.75. The Morgan fingerprint density at radius 1 is 1.41 bits per heavy atom. The zero-order valence-corrected chi connectivity index (χ0v) is 9.47. The van der Waals surface area contributed by atoms with Crippen LogP contribution in [0.5, 0.6) is 0 Å². The van der Waals surface area contributed by atoms with Gasteiger partial charge in [0.2, 0.25) is 0 Å². The molecule has 0 bridgehead atoms. The number of carbonyl (C=O) groups excluding carboxylic acids is 1. The molecule has 0 saturated carbocycles. The Labute approximate surface area is 99.4 Å². The van der Waals surface area contributed by atoms with Gasteiger partial charge in [-0.05, 0) is 12.1 Å². The Morgan fingerprint density at radius 3 is 3.06 bits per heavy atom. The van der Waals surface area contributed by atoms with Crippen molar-refractivity contribution in [2.24, 2.45) is 0 Å². The molecule has 2 aliphatic heterocycles. The summed E-state index contributed by atoms with van der Waals surface area (Å²) < 4.78 is 0. The summed E-state index contributed by atoms with van der Waals surface area (Å²) in [4.78, 5) is 19.9. The van der Waals surface area contributed by atoms with Crippen molar-refractivity contribution in [3.8, 4) is 0 Å². The van der Waals surface area contributed by atoms with E-state index in [1.54, 1.807) is 6.20 Å². The lowest BCUT2D eigenvalue weighted by molar-refractivity contribution is 0.197. The molecule has 0 aromatic carbocycles. The van der Waals surface area contributed by atoms with Gasteiger partial charge in [-0.3, -0.25) is 0 Å². The van der Waals surface area contributed by atoms with Crippen LogP contribution in [-0.4, -0.2) is 48.1 Å². The van der Waals surface area contributed by atoms with E-state index in [0.29, 0.717) is 5.69 Å². The van der Waals surface area contributed by atoms with Crippen molar-refractivity contribution in [3.63, 3.8) is 0 Å². The van der Waals surface area contributed by atoms with E-state index in [1.807, 2.05) is 17.0 Å². The number of anilines is 2. The number of piperazine rings is 1. The molecule has 2 fully saturated rings. The van der Waals surface area contributed by atoms with Crippen LogP contribution in [0.15, 0.2) is 18.3 Å². The lowest BCUT2D eigenvalue weighted by atomic mass is 10.2. The number of aromatic nitrogens is 1. The van der Waals surface area contributed by atoms with Gasteiger partial charge in [-0.15, -0.1) is 0 Å². The van der Waals surface area contributed by atoms with Gasteiger partial charge in [0, 0.05) is 26.2 Å². The van der Waals surface area contributed by atoms with Gasteiger partial charge >= 0.3 is 6.03 Å². The quantitative estimate of drug-likeness (QED) is 0.709. The molecule has 6 heteroatoms. The van der Waals surface area contributed by atoms with Gasteiger partial charge in [0.1, 0.15) is 5.82 Å². The molecule has 3 N–H and O–H groups in total. The lowest BCUT2D eigenvalue weighted by Crippen LogP contribution is -2.52. The molecule has 2 amide bonds. The number of hydrogen-bond donors (Lipinski definition) is 2. The first-order valence-corrected chi connectivity index (χ1v) is 5.75. The van der Waals surface area contributed by atoms with Crippen molar-refractivity contribution >= 4 is 17.5 Å². The van der Waals surface area contributed by atoms with Crippen LogP contribution in [0.1, 0.15) is 0 Å². The van der Waals surface area contributed by atoms with Crippen LogP contribution in [0.4, 0.5) is 16.3 Å². The largest absolute Gasteiger partial charge is 0.397 e. The maximum absolute atomic E-state index is 11.5. The number of nitrogens with one attached hydrogen (secondary N) is 1. The first kappa shape index (κ1) is 10.2. The summed E-state index contributed by atoms with van der Waals surface area (Å²) in [6.07, 6.45) is 1.67. The Balaban J connectivity index is 1.75. The second kappa shape index (κ2) is 3.80. The molecule has 2 aliphatic rings. The summed E-state index contributed by atoms with van der Waals surface area (Å²) >= 11 is 0. The van der Waals surface area contributed by atoms with E-state index in [4.69, 9.17) is 5.73 Å². The average molecular weight is 233 g/mol. The van der Waals surface area contributed by atoms with Gasteiger partial charge in [-0.1, -0.05) is 0 Å². The Hall–Kier alpha value is -1.98. The molecule has 17 heavy (non-hydrogen) atoms. The fourth-order valence-corrected chi connectivity index (χ4v) is 2.40. The highest BCUT2D eigenvalue weighted by Crippen LogP contribution is 2.19. The molecule has 3 heterocycles. The maximum atomic E-state index is 11.5. The number of nitrogen functional groups attached to an aromatic ring is 1. The highest BCUT2D eigenvalue weighted by Gasteiger charge is 2.35. The molecule has 6 nitrogen and oxygen atoms in total. The van der Waals surface area contributed by atoms with Crippen LogP contribution >= 0.6 is 0 Å². The second-order valence-corrected chi connectivity index (χ2v) is 4.43. The molecule has 3 rings (SSSR count). The Bertz CT molecular complexity index is 432. The summed E-state index contributed by atoms with van der Waals surface area (Å²) in [7, 11) is 0. The van der Waals surface area contributed by atoms with Crippen LogP contribution in [0.25, 0.3) is 0 Å². The van der Waals surface area contributed by atoms with Gasteiger partial charge < -0.3 is 20.9 Å². The van der Waals surface area contributed by atoms with Crippen LogP contribution < -0.4 is 16.0 Å². The third-order valence-electron chi connectivity index (χ3n) is 3.33. The number of hydrogen-bond acceptors (Lipinski definition) is 4. The number of rotatable bonds is 1. The van der Waals surface area contributed by atoms with Gasteiger partial charge in [0.05, 0.1) is 17.9 Å². The summed E-state index contributed by atoms with van der Waals surface area (Å²) in [6, 6.07) is 4.10. The fourth-order valence-electron chi connectivity index (χ4n) is 2.40. The molecule has 0 aliphatic carbocycles. The van der Waals surface area contributed by atoms with Crippen LogP contribution in [0, 0.1) is 0 Å². The van der Waals surface area contributed by atoms with Gasteiger partial charge in [-0.2, -0.15) is 0 Å². The van der Waals surface area contributed by atoms with Crippen molar-refractivity contribution < 1.29 is 4.79 Å². The summed E-state index contributed by atoms with van der Waals surface area (Å²) in [5.74, 6) is 0.929.